The molecule has 2 rings (SSSR count). The predicted octanol–water partition coefficient (Wildman–Crippen LogP) is 1.39. The fourth-order valence-corrected chi connectivity index (χ4v) is 3.47. The van der Waals surface area contributed by atoms with Crippen LogP contribution < -0.4 is 5.32 Å². The average Bonchev–Trinajstić information content (AvgIpc) is 2.34. The molecule has 0 amide bonds. The zero-order chi connectivity index (χ0) is 11.4. The van der Waals surface area contributed by atoms with Crippen molar-refractivity contribution in [1.29, 1.82) is 0 Å². The molecule has 1 aromatic rings. The van der Waals surface area contributed by atoms with Gasteiger partial charge < -0.3 is 5.32 Å². The van der Waals surface area contributed by atoms with Crippen molar-refractivity contribution < 1.29 is 0 Å². The monoisotopic (exact) mass is 237 g/mol. The largest absolute Gasteiger partial charge is 0.312 e. The molecule has 3 nitrogen and oxygen atoms in total. The zero-order valence-corrected chi connectivity index (χ0v) is 10.7. The normalized spacial score (nSPS) is 24.2. The Morgan fingerprint density at radius 1 is 1.62 bits per heavy atom. The van der Waals surface area contributed by atoms with E-state index in [0.29, 0.717) is 12.1 Å². The summed E-state index contributed by atoms with van der Waals surface area (Å²) in [5.41, 5.74) is 1.28. The molecule has 1 N–H and O–H groups in total. The zero-order valence-electron chi connectivity index (χ0n) is 9.89. The van der Waals surface area contributed by atoms with Gasteiger partial charge in [-0.25, -0.2) is 0 Å². The van der Waals surface area contributed by atoms with Crippen LogP contribution in [0.25, 0.3) is 0 Å². The van der Waals surface area contributed by atoms with Crippen LogP contribution in [0.3, 0.4) is 0 Å². The molecule has 2 heterocycles. The van der Waals surface area contributed by atoms with E-state index in [1.807, 2.05) is 37.3 Å². The maximum absolute atomic E-state index is 4.21. The van der Waals surface area contributed by atoms with Crippen molar-refractivity contribution >= 4 is 11.8 Å². The molecule has 1 fully saturated rings. The van der Waals surface area contributed by atoms with Gasteiger partial charge in [0.15, 0.2) is 0 Å². The van der Waals surface area contributed by atoms with Crippen LogP contribution in [-0.4, -0.2) is 48.1 Å². The highest BCUT2D eigenvalue weighted by Gasteiger charge is 2.27. The van der Waals surface area contributed by atoms with E-state index in [1.165, 1.54) is 23.6 Å². The van der Waals surface area contributed by atoms with Gasteiger partial charge in [-0.1, -0.05) is 6.07 Å². The first kappa shape index (κ1) is 11.9. The fourth-order valence-electron chi connectivity index (χ4n) is 2.20. The van der Waals surface area contributed by atoms with Crippen molar-refractivity contribution in [1.82, 2.24) is 15.2 Å². The van der Waals surface area contributed by atoms with Crippen LogP contribution >= 0.6 is 11.8 Å². The average molecular weight is 237 g/mol. The third kappa shape index (κ3) is 2.56. The Balaban J connectivity index is 2.15. The van der Waals surface area contributed by atoms with Gasteiger partial charge >= 0.3 is 0 Å². The third-order valence-electron chi connectivity index (χ3n) is 3.18. The summed E-state index contributed by atoms with van der Waals surface area (Å²) < 4.78 is 0. The minimum atomic E-state index is 0.381. The lowest BCUT2D eigenvalue weighted by atomic mass is 10.0. The lowest BCUT2D eigenvalue weighted by molar-refractivity contribution is 0.221. The quantitative estimate of drug-likeness (QED) is 0.860. The summed E-state index contributed by atoms with van der Waals surface area (Å²) in [5, 5.41) is 3.42. The van der Waals surface area contributed by atoms with Gasteiger partial charge in [-0.2, -0.15) is 11.8 Å². The SMILES string of the molecule is CNC(c1cccnc1)C1CSCCN1C. The van der Waals surface area contributed by atoms with Crippen LogP contribution in [0.1, 0.15) is 11.6 Å². The summed E-state index contributed by atoms with van der Waals surface area (Å²) >= 11 is 2.04. The Kier molecular flexibility index (Phi) is 4.21. The van der Waals surface area contributed by atoms with Gasteiger partial charge in [0.2, 0.25) is 0 Å². The molecule has 2 atom stereocenters. The molecule has 2 unspecified atom stereocenters. The standard InChI is InChI=1S/C12H19N3S/c1-13-12(10-4-3-5-14-8-10)11-9-16-7-6-15(11)2/h3-5,8,11-13H,6-7,9H2,1-2H3. The molecule has 0 saturated carbocycles. The number of hydrogen-bond donors (Lipinski definition) is 1. The Hall–Kier alpha value is -0.580. The highest BCUT2D eigenvalue weighted by molar-refractivity contribution is 7.99. The van der Waals surface area contributed by atoms with E-state index in [0.717, 1.165) is 0 Å². The highest BCUT2D eigenvalue weighted by Crippen LogP contribution is 2.25. The van der Waals surface area contributed by atoms with Gasteiger partial charge in [0.1, 0.15) is 0 Å². The highest BCUT2D eigenvalue weighted by atomic mass is 32.2. The topological polar surface area (TPSA) is 28.2 Å². The summed E-state index contributed by atoms with van der Waals surface area (Å²) in [5.74, 6) is 2.44. The number of thioether (sulfide) groups is 1. The van der Waals surface area contributed by atoms with E-state index >= 15 is 0 Å². The van der Waals surface area contributed by atoms with Crippen LogP contribution in [0, 0.1) is 0 Å². The molecule has 0 aromatic carbocycles. The van der Waals surface area contributed by atoms with E-state index in [-0.39, 0.29) is 0 Å². The first-order chi connectivity index (χ1) is 7.83. The Bertz CT molecular complexity index is 317. The molecule has 1 saturated heterocycles. The summed E-state index contributed by atoms with van der Waals surface area (Å²) in [6, 6.07) is 5.11. The molecule has 88 valence electrons. The molecule has 0 spiro atoms. The number of nitrogens with one attached hydrogen (secondary N) is 1. The van der Waals surface area contributed by atoms with E-state index < -0.39 is 0 Å². The number of rotatable bonds is 3. The van der Waals surface area contributed by atoms with Crippen molar-refractivity contribution in [2.24, 2.45) is 0 Å². The molecule has 16 heavy (non-hydrogen) atoms. The summed E-state index contributed by atoms with van der Waals surface area (Å²) in [6.07, 6.45) is 3.80. The lowest BCUT2D eigenvalue weighted by Gasteiger charge is -2.37. The minimum Gasteiger partial charge on any atom is -0.312 e. The number of aromatic nitrogens is 1. The first-order valence-electron chi connectivity index (χ1n) is 5.68. The molecule has 0 bridgehead atoms. The van der Waals surface area contributed by atoms with Gasteiger partial charge in [-0.15, -0.1) is 0 Å². The van der Waals surface area contributed by atoms with Crippen LogP contribution in [-0.2, 0) is 0 Å². The Morgan fingerprint density at radius 2 is 2.50 bits per heavy atom. The molecular formula is C12H19N3S. The van der Waals surface area contributed by atoms with Crippen LogP contribution in [0.4, 0.5) is 0 Å². The number of pyridine rings is 1. The summed E-state index contributed by atoms with van der Waals surface area (Å²) in [6.45, 7) is 1.17. The minimum absolute atomic E-state index is 0.381. The molecule has 1 aliphatic heterocycles. The third-order valence-corrected chi connectivity index (χ3v) is 4.23. The Labute approximate surface area is 102 Å². The van der Waals surface area contributed by atoms with E-state index in [2.05, 4.69) is 28.3 Å². The second kappa shape index (κ2) is 5.66. The first-order valence-corrected chi connectivity index (χ1v) is 6.83. The number of nitrogens with zero attached hydrogens (tertiary/aromatic N) is 2. The van der Waals surface area contributed by atoms with E-state index in [1.54, 1.807) is 0 Å². The van der Waals surface area contributed by atoms with Crippen LogP contribution in [0.2, 0.25) is 0 Å². The van der Waals surface area contributed by atoms with Gasteiger partial charge in [-0.3, -0.25) is 9.88 Å². The number of hydrogen-bond acceptors (Lipinski definition) is 4. The van der Waals surface area contributed by atoms with Gasteiger partial charge in [-0.05, 0) is 25.7 Å². The van der Waals surface area contributed by atoms with Gasteiger partial charge in [0, 0.05) is 42.5 Å². The molecule has 4 heteroatoms. The molecule has 1 aliphatic rings. The smallest absolute Gasteiger partial charge is 0.0499 e. The molecule has 0 aliphatic carbocycles. The predicted molar refractivity (Wildman–Crippen MR) is 69.8 cm³/mol. The van der Waals surface area contributed by atoms with Crippen molar-refractivity contribution in [3.63, 3.8) is 0 Å². The van der Waals surface area contributed by atoms with E-state index in [9.17, 15) is 0 Å². The number of likely N-dealkylation sites (N-methyl/N-ethyl adjacent to an activating group) is 2. The lowest BCUT2D eigenvalue weighted by Crippen LogP contribution is -2.47. The second-order valence-corrected chi connectivity index (χ2v) is 5.33. The van der Waals surface area contributed by atoms with Crippen molar-refractivity contribution in [2.45, 2.75) is 12.1 Å². The van der Waals surface area contributed by atoms with Crippen molar-refractivity contribution in [3.05, 3.63) is 30.1 Å². The van der Waals surface area contributed by atoms with Crippen molar-refractivity contribution in [3.8, 4) is 0 Å². The van der Waals surface area contributed by atoms with Crippen LogP contribution in [0.5, 0.6) is 0 Å². The van der Waals surface area contributed by atoms with Gasteiger partial charge in [0.25, 0.3) is 0 Å². The van der Waals surface area contributed by atoms with E-state index in [4.69, 9.17) is 0 Å². The maximum Gasteiger partial charge on any atom is 0.0499 e. The summed E-state index contributed by atoms with van der Waals surface area (Å²) in [7, 11) is 4.25. The Morgan fingerprint density at radius 3 is 3.12 bits per heavy atom. The molecule has 0 radical (unpaired) electrons. The fraction of sp³-hybridized carbons (Fsp3) is 0.583. The van der Waals surface area contributed by atoms with Crippen molar-refractivity contribution in [2.75, 3.05) is 32.1 Å². The molecule has 1 aromatic heterocycles. The summed E-state index contributed by atoms with van der Waals surface area (Å²) in [4.78, 5) is 6.66. The maximum atomic E-state index is 4.21. The van der Waals surface area contributed by atoms with Gasteiger partial charge in [0.05, 0.1) is 0 Å². The second-order valence-electron chi connectivity index (χ2n) is 4.18. The van der Waals surface area contributed by atoms with Crippen LogP contribution in [0.15, 0.2) is 24.5 Å². The molecular weight excluding hydrogens is 218 g/mol.